The van der Waals surface area contributed by atoms with Crippen molar-refractivity contribution in [2.24, 2.45) is 11.8 Å². The molecule has 68 heavy (non-hydrogen) atoms. The number of ether oxygens (including phenoxy) is 2. The number of ketones is 1. The van der Waals surface area contributed by atoms with Crippen LogP contribution in [0.15, 0.2) is 90.3 Å². The van der Waals surface area contributed by atoms with Gasteiger partial charge in [-0.05, 0) is 92.7 Å². The van der Waals surface area contributed by atoms with E-state index in [0.29, 0.717) is 55.2 Å². The van der Waals surface area contributed by atoms with Crippen LogP contribution in [0.5, 0.6) is 5.75 Å². The summed E-state index contributed by atoms with van der Waals surface area (Å²) < 4.78 is 43.4. The third kappa shape index (κ3) is 17.6. The van der Waals surface area contributed by atoms with Crippen LogP contribution in [0.25, 0.3) is 0 Å². The summed E-state index contributed by atoms with van der Waals surface area (Å²) in [6.07, 6.45) is 2.52. The molecule has 4 amide bonds. The van der Waals surface area contributed by atoms with Crippen LogP contribution in [-0.2, 0) is 55.9 Å². The molecule has 0 radical (unpaired) electrons. The lowest BCUT2D eigenvalue weighted by Gasteiger charge is -2.30. The zero-order valence-electron chi connectivity index (χ0n) is 40.5. The van der Waals surface area contributed by atoms with E-state index in [1.807, 2.05) is 62.9 Å². The Morgan fingerprint density at radius 2 is 1.29 bits per heavy atom. The minimum atomic E-state index is -4.50. The van der Waals surface area contributed by atoms with Crippen LogP contribution in [0.4, 0.5) is 0 Å². The molecule has 0 spiro atoms. The smallest absolute Gasteiger partial charge is 0.297 e. The molecule has 5 N–H and O–H groups in total. The van der Waals surface area contributed by atoms with Crippen LogP contribution < -0.4 is 26.0 Å². The molecule has 16 nitrogen and oxygen atoms in total. The Morgan fingerprint density at radius 3 is 1.87 bits per heavy atom. The molecule has 1 aliphatic rings. The number of amides is 4. The summed E-state index contributed by atoms with van der Waals surface area (Å²) in [7, 11) is -4.50. The highest BCUT2D eigenvalue weighted by Crippen LogP contribution is 2.28. The Hall–Kier alpha value is -5.46. The summed E-state index contributed by atoms with van der Waals surface area (Å²) in [6.45, 7) is 16.8. The lowest BCUT2D eigenvalue weighted by Crippen LogP contribution is -2.60. The molecule has 0 aliphatic carbocycles. The average molecular weight is 962 g/mol. The van der Waals surface area contributed by atoms with Gasteiger partial charge in [0.15, 0.2) is 5.78 Å². The van der Waals surface area contributed by atoms with Crippen molar-refractivity contribution >= 4 is 39.5 Å². The molecule has 0 unspecified atom stereocenters. The number of morpholine rings is 1. The van der Waals surface area contributed by atoms with E-state index in [-0.39, 0.29) is 61.5 Å². The van der Waals surface area contributed by atoms with Crippen molar-refractivity contribution in [3.05, 3.63) is 108 Å². The largest absolute Gasteiger partial charge is 0.490 e. The van der Waals surface area contributed by atoms with Crippen LogP contribution in [0.1, 0.15) is 76.1 Å². The number of aliphatic hydroxyl groups is 1. The van der Waals surface area contributed by atoms with Crippen LogP contribution in [0.2, 0.25) is 0 Å². The van der Waals surface area contributed by atoms with Crippen LogP contribution in [-0.4, -0.2) is 124 Å². The molecular weight excluding hydrogens is 891 g/mol. The van der Waals surface area contributed by atoms with Crippen molar-refractivity contribution in [3.63, 3.8) is 0 Å². The molecule has 0 saturated carbocycles. The minimum Gasteiger partial charge on any atom is -0.490 e. The summed E-state index contributed by atoms with van der Waals surface area (Å²) in [6, 6.07) is 16.8. The maximum atomic E-state index is 14.4. The zero-order valence-corrected chi connectivity index (χ0v) is 41.4. The molecule has 0 bridgehead atoms. The number of nitrogens with zero attached hydrogens (tertiary/aromatic N) is 1. The molecule has 3 aromatic rings. The van der Waals surface area contributed by atoms with Gasteiger partial charge in [0.2, 0.25) is 23.6 Å². The number of nitrogens with one attached hydrogen (secondary N) is 4. The number of carbonyl (C=O) groups excluding carboxylic acids is 5. The van der Waals surface area contributed by atoms with Gasteiger partial charge >= 0.3 is 0 Å². The maximum Gasteiger partial charge on any atom is 0.297 e. The number of benzene rings is 3. The molecule has 1 heterocycles. The van der Waals surface area contributed by atoms with Crippen LogP contribution in [0.3, 0.4) is 0 Å². The molecule has 1 aliphatic heterocycles. The first-order valence-electron chi connectivity index (χ1n) is 23.3. The van der Waals surface area contributed by atoms with E-state index in [9.17, 15) is 37.5 Å². The summed E-state index contributed by atoms with van der Waals surface area (Å²) >= 11 is 0. The fourth-order valence-electron chi connectivity index (χ4n) is 7.95. The summed E-state index contributed by atoms with van der Waals surface area (Å²) in [5.41, 5.74) is -0.0840. The Morgan fingerprint density at radius 1 is 0.779 bits per heavy atom. The highest BCUT2D eigenvalue weighted by atomic mass is 32.2. The number of carbonyl (C=O) groups is 5. The van der Waals surface area contributed by atoms with Gasteiger partial charge in [-0.1, -0.05) is 101 Å². The van der Waals surface area contributed by atoms with Gasteiger partial charge in [-0.25, -0.2) is 0 Å². The number of rotatable bonds is 27. The monoisotopic (exact) mass is 961 g/mol. The summed E-state index contributed by atoms with van der Waals surface area (Å²) in [4.78, 5) is 72.2. The molecular formula is C51H71N5O11S. The molecule has 3 aromatic carbocycles. The highest BCUT2D eigenvalue weighted by Gasteiger charge is 2.40. The standard InChI is InChI=1S/C51H71N5O11S/c1-9-24-66-40-29-36(6)46(37(7)30-40)68(63,64)67-33-51(8,62)47(58)42(27-34(2)3)53-50(61)44(31-39-18-14-11-15-19-39)55-49(60)43(28-35(4)5)54-48(59)41(21-20-38-16-12-10-13-17-38)52-45(57)32-56-22-25-65-26-23-56/h9-19,29-30,34-35,41-44,62H,1,20-28,31-33H2,2-8H3,(H,52,57)(H,53,61)(H,54,59)(H,55,60)/t41-,42-,43-,44-,51+/m0/s1. The van der Waals surface area contributed by atoms with Crippen molar-refractivity contribution in [1.82, 2.24) is 26.2 Å². The molecule has 1 saturated heterocycles. The molecule has 4 rings (SSSR count). The van der Waals surface area contributed by atoms with Crippen molar-refractivity contribution < 1.29 is 51.2 Å². The lowest BCUT2D eigenvalue weighted by atomic mass is 9.90. The Bertz CT molecular complexity index is 2240. The molecule has 0 aromatic heterocycles. The zero-order chi connectivity index (χ0) is 50.0. The fraction of sp³-hybridized carbons (Fsp3) is 0.510. The van der Waals surface area contributed by atoms with Gasteiger partial charge in [-0.15, -0.1) is 0 Å². The van der Waals surface area contributed by atoms with Gasteiger partial charge in [-0.2, -0.15) is 8.42 Å². The van der Waals surface area contributed by atoms with E-state index < -0.39 is 70.0 Å². The second kappa shape index (κ2) is 26.3. The van der Waals surface area contributed by atoms with Crippen molar-refractivity contribution in [2.75, 3.05) is 46.1 Å². The number of hydrogen-bond donors (Lipinski definition) is 5. The quantitative estimate of drug-likeness (QED) is 0.0539. The van der Waals surface area contributed by atoms with Gasteiger partial charge in [0.25, 0.3) is 10.1 Å². The van der Waals surface area contributed by atoms with Crippen molar-refractivity contribution in [3.8, 4) is 5.75 Å². The second-order valence-corrected chi connectivity index (χ2v) is 20.1. The van der Waals surface area contributed by atoms with E-state index >= 15 is 0 Å². The molecule has 1 fully saturated rings. The molecule has 372 valence electrons. The van der Waals surface area contributed by atoms with E-state index in [0.717, 1.165) is 12.5 Å². The second-order valence-electron chi connectivity index (χ2n) is 18.5. The van der Waals surface area contributed by atoms with Gasteiger partial charge in [-0.3, -0.25) is 33.1 Å². The first kappa shape index (κ1) is 55.1. The Kier molecular flexibility index (Phi) is 21.4. The predicted octanol–water partition coefficient (Wildman–Crippen LogP) is 4.13. The van der Waals surface area contributed by atoms with Gasteiger partial charge in [0.05, 0.1) is 25.8 Å². The van der Waals surface area contributed by atoms with Gasteiger partial charge in [0, 0.05) is 19.5 Å². The van der Waals surface area contributed by atoms with E-state index in [1.54, 1.807) is 50.3 Å². The SMILES string of the molecule is C=CCOc1cc(C)c(S(=O)(=O)OC[C@@](C)(O)C(=O)[C@H](CC(C)C)NC(=O)[C@H](Cc2ccccc2)NC(=O)[C@H](CC(C)C)NC(=O)[C@H](CCc2ccccc2)NC(=O)CN2CCOCC2)c(C)c1. The van der Waals surface area contributed by atoms with E-state index in [4.69, 9.17) is 13.7 Å². The first-order valence-corrected chi connectivity index (χ1v) is 24.7. The Labute approximate surface area is 402 Å². The summed E-state index contributed by atoms with van der Waals surface area (Å²) in [5.74, 6) is -3.05. The highest BCUT2D eigenvalue weighted by molar-refractivity contribution is 7.86. The van der Waals surface area contributed by atoms with E-state index in [1.165, 1.54) is 12.1 Å². The predicted molar refractivity (Wildman–Crippen MR) is 259 cm³/mol. The molecule has 17 heteroatoms. The lowest BCUT2D eigenvalue weighted by molar-refractivity contribution is -0.143. The summed E-state index contributed by atoms with van der Waals surface area (Å²) in [5, 5.41) is 22.9. The number of hydrogen-bond acceptors (Lipinski definition) is 12. The third-order valence-electron chi connectivity index (χ3n) is 11.4. The fourth-order valence-corrected chi connectivity index (χ4v) is 9.36. The topological polar surface area (TPSA) is 219 Å². The molecule has 5 atom stereocenters. The van der Waals surface area contributed by atoms with Gasteiger partial charge in [0.1, 0.15) is 47.6 Å². The third-order valence-corrected chi connectivity index (χ3v) is 12.9. The Balaban J connectivity index is 1.55. The van der Waals surface area contributed by atoms with Crippen molar-refractivity contribution in [2.45, 2.75) is 115 Å². The van der Waals surface area contributed by atoms with Crippen LogP contribution in [0, 0.1) is 25.7 Å². The van der Waals surface area contributed by atoms with Crippen LogP contribution >= 0.6 is 0 Å². The van der Waals surface area contributed by atoms with Gasteiger partial charge < -0.3 is 35.8 Å². The number of Topliss-reactive ketones (excluding diaryl/α,β-unsaturated/α-hetero) is 1. The normalized spacial score (nSPS) is 15.9. The maximum absolute atomic E-state index is 14.4. The minimum absolute atomic E-state index is 0.00544. The van der Waals surface area contributed by atoms with Crippen molar-refractivity contribution in [1.29, 1.82) is 0 Å². The first-order chi connectivity index (χ1) is 32.2. The van der Waals surface area contributed by atoms with E-state index in [2.05, 4.69) is 27.8 Å². The average Bonchev–Trinajstić information content (AvgIpc) is 3.28. The number of aryl methyl sites for hydroxylation is 3.